The Morgan fingerprint density at radius 1 is 1.44 bits per heavy atom. The van der Waals surface area contributed by atoms with Crippen LogP contribution in [-0.4, -0.2) is 26.8 Å². The van der Waals surface area contributed by atoms with Crippen LogP contribution in [0.2, 0.25) is 0 Å². The molecule has 0 atom stereocenters. The van der Waals surface area contributed by atoms with Crippen LogP contribution < -0.4 is 5.69 Å². The minimum Gasteiger partial charge on any atom is -0.494 e. The molecular formula is C9H12N2O4S. The van der Waals surface area contributed by atoms with Crippen LogP contribution in [0.15, 0.2) is 4.79 Å². The fourth-order valence-electron chi connectivity index (χ4n) is 1.22. The molecule has 0 aliphatic rings. The summed E-state index contributed by atoms with van der Waals surface area (Å²) in [6.07, 6.45) is 0. The summed E-state index contributed by atoms with van der Waals surface area (Å²) in [7, 11) is 2.77. The van der Waals surface area contributed by atoms with Gasteiger partial charge in [0.25, 0.3) is 0 Å². The Morgan fingerprint density at radius 3 is 2.50 bits per heavy atom. The molecule has 1 N–H and O–H groups in total. The summed E-state index contributed by atoms with van der Waals surface area (Å²) >= 11 is 4.91. The zero-order valence-electron chi connectivity index (χ0n) is 9.18. The molecule has 0 aliphatic heterocycles. The van der Waals surface area contributed by atoms with Crippen molar-refractivity contribution in [3.63, 3.8) is 0 Å². The second kappa shape index (κ2) is 4.48. The number of nitrogens with zero attached hydrogens (tertiary/aromatic N) is 2. The van der Waals surface area contributed by atoms with Crippen LogP contribution in [0.1, 0.15) is 17.3 Å². The van der Waals surface area contributed by atoms with E-state index in [0.29, 0.717) is 0 Å². The van der Waals surface area contributed by atoms with Crippen molar-refractivity contribution in [1.29, 1.82) is 0 Å². The Hall–Kier alpha value is -1.63. The fraction of sp³-hybridized carbons (Fsp3) is 0.444. The van der Waals surface area contributed by atoms with Crippen LogP contribution in [-0.2, 0) is 18.8 Å². The highest BCUT2D eigenvalue weighted by molar-refractivity contribution is 7.71. The lowest BCUT2D eigenvalue weighted by Crippen LogP contribution is -2.30. The van der Waals surface area contributed by atoms with Crippen LogP contribution in [0.25, 0.3) is 0 Å². The quantitative estimate of drug-likeness (QED) is 0.599. The van der Waals surface area contributed by atoms with E-state index in [1.807, 2.05) is 0 Å². The normalized spacial score (nSPS) is 10.2. The van der Waals surface area contributed by atoms with Crippen LogP contribution in [0.3, 0.4) is 0 Å². The monoisotopic (exact) mass is 244 g/mol. The van der Waals surface area contributed by atoms with Crippen LogP contribution in [0.5, 0.6) is 5.88 Å². The molecule has 0 spiro atoms. The third-order valence-corrected chi connectivity index (χ3v) is 2.59. The summed E-state index contributed by atoms with van der Waals surface area (Å²) in [5.41, 5.74) is -0.669. The van der Waals surface area contributed by atoms with Crippen molar-refractivity contribution in [2.45, 2.75) is 6.92 Å². The van der Waals surface area contributed by atoms with Crippen molar-refractivity contribution >= 4 is 18.2 Å². The average molecular weight is 244 g/mol. The molecule has 0 amide bonds. The first kappa shape index (κ1) is 12.4. The molecule has 1 heterocycles. The highest BCUT2D eigenvalue weighted by Gasteiger charge is 2.20. The number of carbonyl (C=O) groups excluding carboxylic acids is 1. The molecular weight excluding hydrogens is 232 g/mol. The number of esters is 1. The molecule has 1 aromatic heterocycles. The molecule has 0 fully saturated rings. The number of hydrogen-bond donors (Lipinski definition) is 1. The van der Waals surface area contributed by atoms with Crippen molar-refractivity contribution in [2.24, 2.45) is 14.1 Å². The lowest BCUT2D eigenvalue weighted by Gasteiger charge is -2.10. The van der Waals surface area contributed by atoms with E-state index in [4.69, 9.17) is 17.0 Å². The minimum absolute atomic E-state index is 0.0425. The summed E-state index contributed by atoms with van der Waals surface area (Å²) in [6.45, 7) is 1.81. The van der Waals surface area contributed by atoms with E-state index in [1.54, 1.807) is 6.92 Å². The largest absolute Gasteiger partial charge is 0.494 e. The number of aromatic nitrogens is 2. The molecule has 0 saturated heterocycles. The van der Waals surface area contributed by atoms with Gasteiger partial charge in [-0.1, -0.05) is 12.2 Å². The maximum atomic E-state index is 11.5. The van der Waals surface area contributed by atoms with Crippen molar-refractivity contribution in [1.82, 2.24) is 9.13 Å². The number of aromatic hydroxyl groups is 1. The Balaban J connectivity index is 3.59. The summed E-state index contributed by atoms with van der Waals surface area (Å²) < 4.78 is 6.73. The molecule has 88 valence electrons. The number of ether oxygens (including phenoxy) is 1. The molecule has 0 bridgehead atoms. The van der Waals surface area contributed by atoms with Gasteiger partial charge in [-0.2, -0.15) is 0 Å². The van der Waals surface area contributed by atoms with Gasteiger partial charge in [0.2, 0.25) is 5.88 Å². The zero-order valence-corrected chi connectivity index (χ0v) is 10.00. The first-order chi connectivity index (χ1) is 7.41. The van der Waals surface area contributed by atoms with Gasteiger partial charge in [0.1, 0.15) is 4.64 Å². The van der Waals surface area contributed by atoms with Crippen LogP contribution in [0.4, 0.5) is 0 Å². The highest BCUT2D eigenvalue weighted by Crippen LogP contribution is 2.15. The van der Waals surface area contributed by atoms with Crippen molar-refractivity contribution in [2.75, 3.05) is 6.61 Å². The van der Waals surface area contributed by atoms with Crippen molar-refractivity contribution < 1.29 is 14.6 Å². The first-order valence-corrected chi connectivity index (χ1v) is 4.98. The van der Waals surface area contributed by atoms with Gasteiger partial charge in [-0.3, -0.25) is 9.13 Å². The Bertz CT molecular complexity index is 544. The molecule has 1 aromatic rings. The summed E-state index contributed by atoms with van der Waals surface area (Å²) in [4.78, 5) is 23.0. The molecule has 0 aromatic carbocycles. The van der Waals surface area contributed by atoms with E-state index >= 15 is 0 Å². The van der Waals surface area contributed by atoms with Crippen molar-refractivity contribution in [3.05, 3.63) is 20.7 Å². The topological polar surface area (TPSA) is 73.5 Å². The van der Waals surface area contributed by atoms with E-state index in [-0.39, 0.29) is 16.8 Å². The maximum Gasteiger partial charge on any atom is 0.346 e. The SMILES string of the molecule is CCOC(=O)c1c(O)n(C)c(=O)n(C)c1=S. The molecule has 7 heteroatoms. The Morgan fingerprint density at radius 2 is 2.00 bits per heavy atom. The van der Waals surface area contributed by atoms with Gasteiger partial charge in [0, 0.05) is 14.1 Å². The van der Waals surface area contributed by atoms with E-state index in [0.717, 1.165) is 9.13 Å². The molecule has 6 nitrogen and oxygen atoms in total. The molecule has 0 saturated carbocycles. The Labute approximate surface area is 96.7 Å². The van der Waals surface area contributed by atoms with E-state index < -0.39 is 17.5 Å². The molecule has 0 unspecified atom stereocenters. The second-order valence-electron chi connectivity index (χ2n) is 3.12. The van der Waals surface area contributed by atoms with Crippen LogP contribution in [0, 0.1) is 4.64 Å². The van der Waals surface area contributed by atoms with E-state index in [1.165, 1.54) is 14.1 Å². The molecule has 16 heavy (non-hydrogen) atoms. The molecule has 0 aliphatic carbocycles. The van der Waals surface area contributed by atoms with Gasteiger partial charge in [-0.15, -0.1) is 0 Å². The zero-order chi connectivity index (χ0) is 12.5. The summed E-state index contributed by atoms with van der Waals surface area (Å²) in [6, 6.07) is 0. The predicted octanol–water partition coefficient (Wildman–Crippen LogP) is 0.336. The summed E-state index contributed by atoms with van der Waals surface area (Å²) in [5, 5.41) is 9.66. The van der Waals surface area contributed by atoms with E-state index in [2.05, 4.69) is 0 Å². The van der Waals surface area contributed by atoms with Crippen LogP contribution >= 0.6 is 12.2 Å². The van der Waals surface area contributed by atoms with Crippen molar-refractivity contribution in [3.8, 4) is 5.88 Å². The minimum atomic E-state index is -0.740. The number of carbonyl (C=O) groups is 1. The van der Waals surface area contributed by atoms with Gasteiger partial charge in [-0.05, 0) is 6.92 Å². The second-order valence-corrected chi connectivity index (χ2v) is 3.51. The van der Waals surface area contributed by atoms with Gasteiger partial charge < -0.3 is 9.84 Å². The molecule has 0 radical (unpaired) electrons. The third kappa shape index (κ3) is 1.85. The lowest BCUT2D eigenvalue weighted by molar-refractivity contribution is 0.0519. The van der Waals surface area contributed by atoms with Gasteiger partial charge in [0.05, 0.1) is 6.61 Å². The maximum absolute atomic E-state index is 11.5. The van der Waals surface area contributed by atoms with Gasteiger partial charge in [-0.25, -0.2) is 9.59 Å². The lowest BCUT2D eigenvalue weighted by atomic mass is 10.3. The highest BCUT2D eigenvalue weighted by atomic mass is 32.1. The standard InChI is InChI=1S/C9H12N2O4S/c1-4-15-8(13)5-6(12)10(2)9(14)11(3)7(5)16/h12H,4H2,1-3H3. The van der Waals surface area contributed by atoms with Gasteiger partial charge >= 0.3 is 11.7 Å². The third-order valence-electron chi connectivity index (χ3n) is 2.11. The Kier molecular flexibility index (Phi) is 3.48. The smallest absolute Gasteiger partial charge is 0.346 e. The average Bonchev–Trinajstić information content (AvgIpc) is 2.24. The number of hydrogen-bond acceptors (Lipinski definition) is 5. The first-order valence-electron chi connectivity index (χ1n) is 4.57. The molecule has 1 rings (SSSR count). The van der Waals surface area contributed by atoms with Gasteiger partial charge in [0.15, 0.2) is 5.56 Å². The number of rotatable bonds is 2. The predicted molar refractivity (Wildman–Crippen MR) is 59.1 cm³/mol. The fourth-order valence-corrected chi connectivity index (χ4v) is 1.47. The summed E-state index contributed by atoms with van der Waals surface area (Å²) in [5.74, 6) is -1.22. The van der Waals surface area contributed by atoms with E-state index in [9.17, 15) is 14.7 Å².